The third kappa shape index (κ3) is 4.83. The summed E-state index contributed by atoms with van der Waals surface area (Å²) in [6, 6.07) is 15.9. The summed E-state index contributed by atoms with van der Waals surface area (Å²) in [5.41, 5.74) is 1.59. The predicted molar refractivity (Wildman–Crippen MR) is 111 cm³/mol. The zero-order valence-corrected chi connectivity index (χ0v) is 16.2. The van der Waals surface area contributed by atoms with Gasteiger partial charge in [0.05, 0.1) is 22.9 Å². The maximum absolute atomic E-state index is 12.8. The number of nitro benzene ring substituents is 1. The van der Waals surface area contributed by atoms with Gasteiger partial charge in [-0.15, -0.1) is 5.10 Å². The van der Waals surface area contributed by atoms with Gasteiger partial charge in [-0.05, 0) is 12.0 Å². The van der Waals surface area contributed by atoms with E-state index in [1.807, 2.05) is 37.3 Å². The lowest BCUT2D eigenvalue weighted by Gasteiger charge is -2.15. The first-order valence-corrected chi connectivity index (χ1v) is 9.84. The largest absolute Gasteiger partial charge is 0.284 e. The van der Waals surface area contributed by atoms with E-state index in [2.05, 4.69) is 10.2 Å². The molecule has 0 spiro atoms. The molecule has 1 atom stereocenters. The molecule has 1 aliphatic heterocycles. The highest BCUT2D eigenvalue weighted by Gasteiger charge is 2.37. The van der Waals surface area contributed by atoms with E-state index in [9.17, 15) is 14.9 Å². The van der Waals surface area contributed by atoms with Crippen LogP contribution in [0.4, 0.5) is 5.69 Å². The molecule has 1 heterocycles. The number of carbonyl (C=O) groups is 1. The van der Waals surface area contributed by atoms with Crippen LogP contribution in [0.5, 0.6) is 0 Å². The summed E-state index contributed by atoms with van der Waals surface area (Å²) in [5, 5.41) is 19.6. The summed E-state index contributed by atoms with van der Waals surface area (Å²) in [5.74, 6) is 0.0417. The highest BCUT2D eigenvalue weighted by molar-refractivity contribution is 8.15. The van der Waals surface area contributed by atoms with Gasteiger partial charge in [-0.25, -0.2) is 0 Å². The van der Waals surface area contributed by atoms with Crippen molar-refractivity contribution in [2.45, 2.75) is 31.6 Å². The van der Waals surface area contributed by atoms with Crippen LogP contribution in [0.15, 0.2) is 64.8 Å². The number of benzene rings is 2. The second-order valence-electron chi connectivity index (χ2n) is 6.28. The van der Waals surface area contributed by atoms with Gasteiger partial charge in [-0.1, -0.05) is 67.6 Å². The van der Waals surface area contributed by atoms with Crippen LogP contribution in [-0.2, 0) is 11.3 Å². The Kier molecular flexibility index (Phi) is 6.54. The summed E-state index contributed by atoms with van der Waals surface area (Å²) in [4.78, 5) is 24.8. The molecule has 0 bridgehead atoms. The Morgan fingerprint density at radius 2 is 2.00 bits per heavy atom. The minimum absolute atomic E-state index is 0.00395. The SMILES string of the molecule is CCC[C@H]1S/C(=N/N=C\c2cccc([N+](=O)[O-])c2)N(Cc2ccccc2)C1=O. The van der Waals surface area contributed by atoms with E-state index in [4.69, 9.17) is 0 Å². The average molecular weight is 396 g/mol. The molecule has 2 aromatic carbocycles. The quantitative estimate of drug-likeness (QED) is 0.398. The standard InChI is InChI=1S/C20H20N4O3S/c1-2-7-18-19(25)23(14-15-8-4-3-5-9-15)20(28-18)22-21-13-16-10-6-11-17(12-16)24(26)27/h3-6,8-13,18H,2,7,14H2,1H3/b21-13-,22-20+/t18-/m1/s1. The second-order valence-corrected chi connectivity index (χ2v) is 7.45. The number of nitrogens with zero attached hydrogens (tertiary/aromatic N) is 4. The van der Waals surface area contributed by atoms with Crippen LogP contribution in [0, 0.1) is 10.1 Å². The van der Waals surface area contributed by atoms with Crippen molar-refractivity contribution < 1.29 is 9.72 Å². The van der Waals surface area contributed by atoms with Crippen molar-refractivity contribution >= 4 is 34.7 Å². The van der Waals surface area contributed by atoms with E-state index in [0.29, 0.717) is 17.3 Å². The van der Waals surface area contributed by atoms with Crippen molar-refractivity contribution in [1.29, 1.82) is 0 Å². The summed E-state index contributed by atoms with van der Waals surface area (Å²) < 4.78 is 0. The molecule has 0 unspecified atom stereocenters. The van der Waals surface area contributed by atoms with Crippen molar-refractivity contribution in [2.75, 3.05) is 0 Å². The molecular formula is C20H20N4O3S. The zero-order valence-electron chi connectivity index (χ0n) is 15.4. The monoisotopic (exact) mass is 396 g/mol. The number of hydrogen-bond donors (Lipinski definition) is 0. The maximum Gasteiger partial charge on any atom is 0.270 e. The van der Waals surface area contributed by atoms with Gasteiger partial charge in [0.25, 0.3) is 5.69 Å². The van der Waals surface area contributed by atoms with E-state index in [-0.39, 0.29) is 16.8 Å². The van der Waals surface area contributed by atoms with Crippen molar-refractivity contribution in [3.8, 4) is 0 Å². The lowest BCUT2D eigenvalue weighted by molar-refractivity contribution is -0.384. The Hall–Kier alpha value is -3.00. The summed E-state index contributed by atoms with van der Waals surface area (Å²) in [7, 11) is 0. The van der Waals surface area contributed by atoms with Gasteiger partial charge in [0.15, 0.2) is 5.17 Å². The number of thioether (sulfide) groups is 1. The highest BCUT2D eigenvalue weighted by Crippen LogP contribution is 2.31. The van der Waals surface area contributed by atoms with Crippen LogP contribution in [-0.4, -0.2) is 32.4 Å². The molecule has 0 aromatic heterocycles. The molecule has 1 fully saturated rings. The minimum Gasteiger partial charge on any atom is -0.284 e. The molecule has 8 heteroatoms. The normalized spacial score (nSPS) is 18.3. The smallest absolute Gasteiger partial charge is 0.270 e. The van der Waals surface area contributed by atoms with Crippen molar-refractivity contribution in [1.82, 2.24) is 4.90 Å². The molecule has 0 radical (unpaired) electrons. The fourth-order valence-electron chi connectivity index (χ4n) is 2.81. The summed E-state index contributed by atoms with van der Waals surface area (Å²) in [6.45, 7) is 2.49. The molecule has 1 aliphatic rings. The molecule has 7 nitrogen and oxygen atoms in total. The lowest BCUT2D eigenvalue weighted by Crippen LogP contribution is -2.31. The first kappa shape index (κ1) is 19.8. The van der Waals surface area contributed by atoms with Crippen molar-refractivity contribution in [3.05, 3.63) is 75.8 Å². The number of amidine groups is 1. The Balaban J connectivity index is 1.81. The minimum atomic E-state index is -0.453. The fourth-order valence-corrected chi connectivity index (χ4v) is 4.02. The van der Waals surface area contributed by atoms with E-state index >= 15 is 0 Å². The van der Waals surface area contributed by atoms with E-state index in [0.717, 1.165) is 18.4 Å². The highest BCUT2D eigenvalue weighted by atomic mass is 32.2. The van der Waals surface area contributed by atoms with Crippen molar-refractivity contribution in [2.24, 2.45) is 10.2 Å². The van der Waals surface area contributed by atoms with Crippen LogP contribution in [0.3, 0.4) is 0 Å². The third-order valence-electron chi connectivity index (χ3n) is 4.19. The second kappa shape index (κ2) is 9.27. The Morgan fingerprint density at radius 3 is 2.71 bits per heavy atom. The van der Waals surface area contributed by atoms with Crippen LogP contribution < -0.4 is 0 Å². The number of carbonyl (C=O) groups excluding carboxylic acids is 1. The van der Waals surface area contributed by atoms with Gasteiger partial charge in [-0.2, -0.15) is 5.10 Å². The van der Waals surface area contributed by atoms with Gasteiger partial charge in [0.1, 0.15) is 0 Å². The zero-order chi connectivity index (χ0) is 19.9. The summed E-state index contributed by atoms with van der Waals surface area (Å²) in [6.07, 6.45) is 3.15. The molecule has 0 N–H and O–H groups in total. The molecule has 1 amide bonds. The fraction of sp³-hybridized carbons (Fsp3) is 0.250. The third-order valence-corrected chi connectivity index (χ3v) is 5.42. The van der Waals surface area contributed by atoms with Gasteiger partial charge < -0.3 is 0 Å². The maximum atomic E-state index is 12.8. The van der Waals surface area contributed by atoms with Crippen LogP contribution >= 0.6 is 11.8 Å². The molecule has 0 aliphatic carbocycles. The first-order valence-electron chi connectivity index (χ1n) is 8.96. The topological polar surface area (TPSA) is 88.2 Å². The predicted octanol–water partition coefficient (Wildman–Crippen LogP) is 4.23. The Bertz CT molecular complexity index is 915. The Labute approximate surface area is 167 Å². The van der Waals surface area contributed by atoms with Gasteiger partial charge in [0.2, 0.25) is 5.91 Å². The van der Waals surface area contributed by atoms with Crippen LogP contribution in [0.25, 0.3) is 0 Å². The van der Waals surface area contributed by atoms with Gasteiger partial charge in [-0.3, -0.25) is 19.8 Å². The molecule has 1 saturated heterocycles. The molecular weight excluding hydrogens is 376 g/mol. The van der Waals surface area contributed by atoms with E-state index in [1.54, 1.807) is 17.0 Å². The number of rotatable bonds is 7. The molecule has 2 aromatic rings. The van der Waals surface area contributed by atoms with E-state index < -0.39 is 4.92 Å². The van der Waals surface area contributed by atoms with E-state index in [1.165, 1.54) is 30.1 Å². The average Bonchev–Trinajstić information content (AvgIpc) is 2.98. The number of hydrogen-bond acceptors (Lipinski definition) is 6. The Morgan fingerprint density at radius 1 is 1.21 bits per heavy atom. The number of amides is 1. The van der Waals surface area contributed by atoms with Crippen LogP contribution in [0.2, 0.25) is 0 Å². The molecule has 0 saturated carbocycles. The van der Waals surface area contributed by atoms with Gasteiger partial charge >= 0.3 is 0 Å². The van der Waals surface area contributed by atoms with Crippen molar-refractivity contribution in [3.63, 3.8) is 0 Å². The first-order chi connectivity index (χ1) is 13.6. The molecule has 3 rings (SSSR count). The number of nitro groups is 1. The van der Waals surface area contributed by atoms with Gasteiger partial charge in [0, 0.05) is 17.7 Å². The lowest BCUT2D eigenvalue weighted by atomic mass is 10.2. The number of non-ortho nitro benzene ring substituents is 1. The molecule has 28 heavy (non-hydrogen) atoms. The van der Waals surface area contributed by atoms with Crippen LogP contribution in [0.1, 0.15) is 30.9 Å². The molecule has 144 valence electrons. The summed E-state index contributed by atoms with van der Waals surface area (Å²) >= 11 is 1.42.